The second-order valence-electron chi connectivity index (χ2n) is 11.5. The molecule has 210 valence electrons. The van der Waals surface area contributed by atoms with Crippen molar-refractivity contribution in [2.24, 2.45) is 7.05 Å². The van der Waals surface area contributed by atoms with Crippen molar-refractivity contribution in [1.82, 2.24) is 14.5 Å². The normalized spacial score (nSPS) is 14.2. The van der Waals surface area contributed by atoms with Crippen molar-refractivity contribution in [3.8, 4) is 16.9 Å². The number of carbonyl (C=O) groups is 1. The van der Waals surface area contributed by atoms with Gasteiger partial charge in [-0.3, -0.25) is 4.98 Å². The second kappa shape index (κ2) is 10.7. The number of benzene rings is 1. The molecule has 0 saturated heterocycles. The monoisotopic (exact) mass is 545 g/mol. The second-order valence-corrected chi connectivity index (χ2v) is 11.5. The Kier molecular flexibility index (Phi) is 7.40. The highest BCUT2D eigenvalue weighted by molar-refractivity contribution is 5.99. The van der Waals surface area contributed by atoms with Crippen molar-refractivity contribution in [1.29, 1.82) is 0 Å². The number of hydrogen-bond acceptors (Lipinski definition) is 5. The fraction of sp³-hybridized carbons (Fsp3) is 0.406. The molecule has 4 aromatic rings. The number of fused-ring (bicyclic) bond motifs is 2. The Labute approximate surface area is 234 Å². The van der Waals surface area contributed by atoms with E-state index in [-0.39, 0.29) is 0 Å². The fourth-order valence-electron chi connectivity index (χ4n) is 5.69. The molecule has 40 heavy (non-hydrogen) atoms. The van der Waals surface area contributed by atoms with Crippen molar-refractivity contribution < 1.29 is 23.8 Å². The van der Waals surface area contributed by atoms with E-state index in [1.807, 2.05) is 51.4 Å². The number of carboxylic acid groups (broad SMARTS) is 1. The molecule has 0 unspecified atom stereocenters. The summed E-state index contributed by atoms with van der Waals surface area (Å²) in [4.78, 5) is 21.7. The van der Waals surface area contributed by atoms with E-state index in [2.05, 4.69) is 11.1 Å². The average Bonchev–Trinajstić information content (AvgIpc) is 3.22. The number of hydrogen-bond donors (Lipinski definition) is 1. The summed E-state index contributed by atoms with van der Waals surface area (Å²) in [7, 11) is 1.97. The number of rotatable bonds is 7. The molecule has 4 heterocycles. The lowest BCUT2D eigenvalue weighted by atomic mass is 9.86. The first kappa shape index (κ1) is 27.8. The molecule has 8 heteroatoms. The van der Waals surface area contributed by atoms with Gasteiger partial charge in [-0.2, -0.15) is 0 Å². The summed E-state index contributed by atoms with van der Waals surface area (Å²) in [5.41, 5.74) is 6.17. The minimum atomic E-state index is -1.29. The summed E-state index contributed by atoms with van der Waals surface area (Å²) in [6.45, 7) is 9.71. The highest BCUT2D eigenvalue weighted by Gasteiger charge is 2.34. The Balaban J connectivity index is 1.78. The zero-order chi connectivity index (χ0) is 28.8. The lowest BCUT2D eigenvalue weighted by molar-refractivity contribution is -0.160. The Morgan fingerprint density at radius 2 is 1.93 bits per heavy atom. The molecule has 0 radical (unpaired) electrons. The Hall–Kier alpha value is -3.78. The topological polar surface area (TPSA) is 86.5 Å². The van der Waals surface area contributed by atoms with Crippen LogP contribution < -0.4 is 4.74 Å². The molecular formula is C32H36FN3O4. The molecule has 0 amide bonds. The van der Waals surface area contributed by atoms with Crippen LogP contribution >= 0.6 is 0 Å². The zero-order valence-corrected chi connectivity index (χ0v) is 24.0. The first-order valence-corrected chi connectivity index (χ1v) is 13.7. The van der Waals surface area contributed by atoms with Crippen LogP contribution in [0.3, 0.4) is 0 Å². The lowest BCUT2D eigenvalue weighted by Crippen LogP contribution is -2.28. The average molecular weight is 546 g/mol. The summed E-state index contributed by atoms with van der Waals surface area (Å²) >= 11 is 0. The Morgan fingerprint density at radius 1 is 1.20 bits per heavy atom. The highest BCUT2D eigenvalue weighted by atomic mass is 19.1. The summed E-state index contributed by atoms with van der Waals surface area (Å²) in [6, 6.07) is 7.54. The molecule has 3 aromatic heterocycles. The van der Waals surface area contributed by atoms with Gasteiger partial charge < -0.3 is 19.1 Å². The molecule has 0 spiro atoms. The van der Waals surface area contributed by atoms with Crippen LogP contribution in [0.1, 0.15) is 66.9 Å². The van der Waals surface area contributed by atoms with Crippen LogP contribution in [0.15, 0.2) is 36.7 Å². The maximum atomic E-state index is 15.6. The zero-order valence-electron chi connectivity index (χ0n) is 24.0. The van der Waals surface area contributed by atoms with Crippen LogP contribution in [-0.4, -0.2) is 37.8 Å². The first-order chi connectivity index (χ1) is 19.0. The maximum Gasteiger partial charge on any atom is 0.337 e. The molecule has 7 nitrogen and oxygen atoms in total. The lowest BCUT2D eigenvalue weighted by Gasteiger charge is -2.29. The molecule has 0 fully saturated rings. The van der Waals surface area contributed by atoms with E-state index >= 15 is 4.39 Å². The van der Waals surface area contributed by atoms with Crippen LogP contribution in [-0.2, 0) is 35.8 Å². The van der Waals surface area contributed by atoms with Gasteiger partial charge in [0, 0.05) is 52.9 Å². The van der Waals surface area contributed by atoms with E-state index in [1.54, 1.807) is 19.3 Å². The van der Waals surface area contributed by atoms with Crippen molar-refractivity contribution in [3.63, 3.8) is 0 Å². The number of pyridine rings is 2. The van der Waals surface area contributed by atoms with Gasteiger partial charge in [-0.1, -0.05) is 0 Å². The van der Waals surface area contributed by atoms with Crippen LogP contribution in [0.5, 0.6) is 5.75 Å². The molecule has 1 N–H and O–H groups in total. The molecular weight excluding hydrogens is 509 g/mol. The molecule has 0 aliphatic carbocycles. The van der Waals surface area contributed by atoms with Gasteiger partial charge in [-0.15, -0.1) is 0 Å². The van der Waals surface area contributed by atoms with Gasteiger partial charge in [0.1, 0.15) is 5.65 Å². The van der Waals surface area contributed by atoms with Gasteiger partial charge in [0.25, 0.3) is 0 Å². The minimum Gasteiger partial charge on any atom is -0.490 e. The highest BCUT2D eigenvalue weighted by Crippen LogP contribution is 2.44. The number of aliphatic carboxylic acids is 1. The molecule has 1 aromatic carbocycles. The quantitative estimate of drug-likeness (QED) is 0.288. The molecule has 1 atom stereocenters. The van der Waals surface area contributed by atoms with Gasteiger partial charge in [0.15, 0.2) is 17.7 Å². The predicted octanol–water partition coefficient (Wildman–Crippen LogP) is 6.44. The van der Waals surface area contributed by atoms with E-state index in [0.29, 0.717) is 41.2 Å². The minimum absolute atomic E-state index is 0.294. The summed E-state index contributed by atoms with van der Waals surface area (Å²) in [5.74, 6) is -1.27. The van der Waals surface area contributed by atoms with Gasteiger partial charge in [0.05, 0.1) is 12.2 Å². The number of nitrogens with zero attached hydrogens (tertiary/aromatic N) is 3. The predicted molar refractivity (Wildman–Crippen MR) is 152 cm³/mol. The number of aromatic nitrogens is 3. The summed E-state index contributed by atoms with van der Waals surface area (Å²) < 4.78 is 29.4. The number of carboxylic acids is 1. The molecule has 0 saturated carbocycles. The Bertz CT molecular complexity index is 1590. The fourth-order valence-corrected chi connectivity index (χ4v) is 5.69. The summed E-state index contributed by atoms with van der Waals surface area (Å²) in [6.07, 6.45) is 5.32. The van der Waals surface area contributed by atoms with Crippen LogP contribution in [0.2, 0.25) is 0 Å². The van der Waals surface area contributed by atoms with E-state index in [1.165, 1.54) is 11.6 Å². The van der Waals surface area contributed by atoms with Crippen LogP contribution in [0.25, 0.3) is 22.2 Å². The maximum absolute atomic E-state index is 15.6. The van der Waals surface area contributed by atoms with Crippen LogP contribution in [0.4, 0.5) is 4.39 Å². The van der Waals surface area contributed by atoms with E-state index < -0.39 is 23.5 Å². The van der Waals surface area contributed by atoms with E-state index in [4.69, 9.17) is 14.5 Å². The molecule has 5 rings (SSSR count). The van der Waals surface area contributed by atoms with Crippen LogP contribution in [0, 0.1) is 19.7 Å². The SMILES string of the molecule is Cc1nc2c(cc(CCc3ccncc3)n2C)c(-c2cc(F)c3c(c2C)CCCO3)c1[C@H](OC(C)(C)C)C(=O)O. The van der Waals surface area contributed by atoms with Crippen molar-refractivity contribution in [2.75, 3.05) is 6.61 Å². The first-order valence-electron chi connectivity index (χ1n) is 13.7. The standard InChI is InChI=1S/C32H36FN3O4/c1-18-22-8-7-15-39-28(22)25(33)17-23(18)27-24-16-21(10-9-20-11-13-34-14-12-20)36(6)30(24)35-19(2)26(27)29(31(37)38)40-32(3,4)5/h11-14,16-17,29H,7-10,15H2,1-6H3,(H,37,38)/t29-/m0/s1. The summed E-state index contributed by atoms with van der Waals surface area (Å²) in [5, 5.41) is 11.2. The molecule has 0 bridgehead atoms. The largest absolute Gasteiger partial charge is 0.490 e. The van der Waals surface area contributed by atoms with Gasteiger partial charge >= 0.3 is 5.97 Å². The van der Waals surface area contributed by atoms with Gasteiger partial charge in [-0.05, 0) is 101 Å². The third kappa shape index (κ3) is 5.20. The van der Waals surface area contributed by atoms with E-state index in [9.17, 15) is 9.90 Å². The smallest absolute Gasteiger partial charge is 0.337 e. The van der Waals surface area contributed by atoms with E-state index in [0.717, 1.165) is 47.1 Å². The molecule has 1 aliphatic heterocycles. The van der Waals surface area contributed by atoms with Crippen molar-refractivity contribution in [3.05, 3.63) is 76.1 Å². The number of halogens is 1. The van der Waals surface area contributed by atoms with Gasteiger partial charge in [0.2, 0.25) is 0 Å². The Morgan fingerprint density at radius 3 is 2.60 bits per heavy atom. The van der Waals surface area contributed by atoms with Crippen molar-refractivity contribution in [2.45, 2.75) is 72.0 Å². The van der Waals surface area contributed by atoms with Crippen molar-refractivity contribution >= 4 is 17.0 Å². The molecule has 1 aliphatic rings. The third-order valence-corrected chi connectivity index (χ3v) is 7.59. The number of ether oxygens (including phenoxy) is 2. The van der Waals surface area contributed by atoms with Gasteiger partial charge in [-0.25, -0.2) is 14.2 Å². The number of aryl methyl sites for hydroxylation is 4. The third-order valence-electron chi connectivity index (χ3n) is 7.59.